The van der Waals surface area contributed by atoms with Gasteiger partial charge in [0.2, 0.25) is 0 Å². The van der Waals surface area contributed by atoms with Crippen LogP contribution >= 0.6 is 0 Å². The minimum absolute atomic E-state index is 0.454. The lowest BCUT2D eigenvalue weighted by molar-refractivity contribution is 0.169. The molecule has 1 aliphatic heterocycles. The van der Waals surface area contributed by atoms with Gasteiger partial charge < -0.3 is 10.2 Å². The maximum absolute atomic E-state index is 3.47. The first-order valence-electron chi connectivity index (χ1n) is 7.15. The zero-order chi connectivity index (χ0) is 13.0. The number of rotatable bonds is 4. The van der Waals surface area contributed by atoms with Crippen LogP contribution in [0.3, 0.4) is 0 Å². The number of aryl methyl sites for hydroxylation is 1. The van der Waals surface area contributed by atoms with Crippen molar-refractivity contribution in [1.29, 1.82) is 0 Å². The Morgan fingerprint density at radius 2 is 2.28 bits per heavy atom. The molecule has 2 rings (SSSR count). The summed E-state index contributed by atoms with van der Waals surface area (Å²) in [5, 5.41) is 3.47. The van der Waals surface area contributed by atoms with Crippen LogP contribution < -0.4 is 5.32 Å². The van der Waals surface area contributed by atoms with Crippen LogP contribution in [0.15, 0.2) is 24.3 Å². The van der Waals surface area contributed by atoms with Gasteiger partial charge >= 0.3 is 0 Å². The molecule has 1 fully saturated rings. The van der Waals surface area contributed by atoms with Crippen molar-refractivity contribution in [2.75, 3.05) is 26.7 Å². The molecule has 0 aliphatic carbocycles. The molecule has 0 aromatic heterocycles. The van der Waals surface area contributed by atoms with E-state index in [9.17, 15) is 0 Å². The van der Waals surface area contributed by atoms with Crippen LogP contribution in [0.25, 0.3) is 0 Å². The predicted molar refractivity (Wildman–Crippen MR) is 77.8 cm³/mol. The van der Waals surface area contributed by atoms with E-state index in [4.69, 9.17) is 0 Å². The number of hydrogen-bond donors (Lipinski definition) is 1. The van der Waals surface area contributed by atoms with Gasteiger partial charge in [-0.2, -0.15) is 0 Å². The topological polar surface area (TPSA) is 15.3 Å². The van der Waals surface area contributed by atoms with Crippen LogP contribution in [0.5, 0.6) is 0 Å². The lowest BCUT2D eigenvalue weighted by Gasteiger charge is -2.33. The summed E-state index contributed by atoms with van der Waals surface area (Å²) in [4.78, 5) is 2.61. The van der Waals surface area contributed by atoms with Gasteiger partial charge in [0.05, 0.1) is 0 Å². The third kappa shape index (κ3) is 3.56. The van der Waals surface area contributed by atoms with Crippen molar-refractivity contribution in [2.24, 2.45) is 5.92 Å². The summed E-state index contributed by atoms with van der Waals surface area (Å²) in [6.07, 6.45) is 2.75. The number of hydrogen-bond acceptors (Lipinski definition) is 2. The zero-order valence-corrected chi connectivity index (χ0v) is 11.9. The molecule has 1 N–H and O–H groups in total. The van der Waals surface area contributed by atoms with Crippen molar-refractivity contribution in [3.05, 3.63) is 35.4 Å². The van der Waals surface area contributed by atoms with Gasteiger partial charge in [-0.25, -0.2) is 0 Å². The highest BCUT2D eigenvalue weighted by Crippen LogP contribution is 2.20. The molecule has 2 heteroatoms. The third-order valence-corrected chi connectivity index (χ3v) is 3.97. The first-order valence-corrected chi connectivity index (χ1v) is 7.15. The van der Waals surface area contributed by atoms with E-state index in [-0.39, 0.29) is 0 Å². The Kier molecular flexibility index (Phi) is 4.79. The van der Waals surface area contributed by atoms with Crippen molar-refractivity contribution in [1.82, 2.24) is 10.2 Å². The number of nitrogens with one attached hydrogen (secondary N) is 1. The van der Waals surface area contributed by atoms with Crippen molar-refractivity contribution in [3.8, 4) is 0 Å². The van der Waals surface area contributed by atoms with Crippen LogP contribution in [0.4, 0.5) is 0 Å². The number of piperidine rings is 1. The molecule has 2 atom stereocenters. The van der Waals surface area contributed by atoms with Gasteiger partial charge in [0, 0.05) is 19.1 Å². The Labute approximate surface area is 111 Å². The average molecular weight is 246 g/mol. The highest BCUT2D eigenvalue weighted by molar-refractivity contribution is 5.25. The van der Waals surface area contributed by atoms with Crippen LogP contribution in [-0.4, -0.2) is 31.6 Å². The van der Waals surface area contributed by atoms with Gasteiger partial charge in [0.15, 0.2) is 0 Å². The molecule has 1 heterocycles. The molecule has 1 aromatic rings. The van der Waals surface area contributed by atoms with E-state index in [1.165, 1.54) is 37.1 Å². The quantitative estimate of drug-likeness (QED) is 0.878. The van der Waals surface area contributed by atoms with Gasteiger partial charge in [-0.1, -0.05) is 36.8 Å². The molecule has 0 bridgehead atoms. The summed E-state index contributed by atoms with van der Waals surface area (Å²) >= 11 is 0. The highest BCUT2D eigenvalue weighted by atomic mass is 15.2. The highest BCUT2D eigenvalue weighted by Gasteiger charge is 2.19. The summed E-state index contributed by atoms with van der Waals surface area (Å²) in [7, 11) is 2.07. The second-order valence-electron chi connectivity index (χ2n) is 5.76. The van der Waals surface area contributed by atoms with E-state index in [1.807, 2.05) is 0 Å². The van der Waals surface area contributed by atoms with Crippen LogP contribution in [0.2, 0.25) is 0 Å². The minimum atomic E-state index is 0.454. The fraction of sp³-hybridized carbons (Fsp3) is 0.625. The second-order valence-corrected chi connectivity index (χ2v) is 5.76. The normalized spacial score (nSPS) is 22.9. The van der Waals surface area contributed by atoms with Gasteiger partial charge in [-0.3, -0.25) is 0 Å². The maximum atomic E-state index is 3.47. The summed E-state index contributed by atoms with van der Waals surface area (Å²) in [5.74, 6) is 0.855. The largest absolute Gasteiger partial charge is 0.312 e. The van der Waals surface area contributed by atoms with Gasteiger partial charge in [0.25, 0.3) is 0 Å². The van der Waals surface area contributed by atoms with Crippen molar-refractivity contribution in [3.63, 3.8) is 0 Å². The third-order valence-electron chi connectivity index (χ3n) is 3.97. The number of nitrogens with zero attached hydrogens (tertiary/aromatic N) is 1. The molecular weight excluding hydrogens is 220 g/mol. The smallest absolute Gasteiger partial charge is 0.0446 e. The van der Waals surface area contributed by atoms with E-state index < -0.39 is 0 Å². The molecule has 1 aromatic carbocycles. The fourth-order valence-corrected chi connectivity index (χ4v) is 2.96. The molecule has 1 aliphatic rings. The first-order chi connectivity index (χ1) is 8.69. The monoisotopic (exact) mass is 246 g/mol. The molecular formula is C16H26N2. The Morgan fingerprint density at radius 3 is 2.94 bits per heavy atom. The summed E-state index contributed by atoms with van der Waals surface area (Å²) < 4.78 is 0. The summed E-state index contributed by atoms with van der Waals surface area (Å²) in [5.41, 5.74) is 2.76. The van der Waals surface area contributed by atoms with Crippen molar-refractivity contribution >= 4 is 0 Å². The Morgan fingerprint density at radius 1 is 1.44 bits per heavy atom. The first kappa shape index (κ1) is 13.6. The number of benzene rings is 1. The molecule has 2 nitrogen and oxygen atoms in total. The van der Waals surface area contributed by atoms with Gasteiger partial charge in [0.1, 0.15) is 0 Å². The molecule has 100 valence electrons. The molecule has 2 unspecified atom stereocenters. The fourth-order valence-electron chi connectivity index (χ4n) is 2.96. The lowest BCUT2D eigenvalue weighted by atomic mass is 9.98. The number of likely N-dealkylation sites (tertiary alicyclic amines) is 1. The molecule has 0 radical (unpaired) electrons. The van der Waals surface area contributed by atoms with Crippen molar-refractivity contribution < 1.29 is 0 Å². The zero-order valence-electron chi connectivity index (χ0n) is 11.9. The second kappa shape index (κ2) is 6.35. The SMILES string of the molecule is CNC(CN1CCCC(C)C1)c1cccc(C)c1. The molecule has 0 amide bonds. The number of likely N-dealkylation sites (N-methyl/N-ethyl adjacent to an activating group) is 1. The predicted octanol–water partition coefficient (Wildman–Crippen LogP) is 2.99. The molecule has 18 heavy (non-hydrogen) atoms. The summed E-state index contributed by atoms with van der Waals surface area (Å²) in [6.45, 7) is 8.18. The van der Waals surface area contributed by atoms with Crippen molar-refractivity contribution in [2.45, 2.75) is 32.7 Å². The summed E-state index contributed by atoms with van der Waals surface area (Å²) in [6, 6.07) is 9.32. The van der Waals surface area contributed by atoms with E-state index >= 15 is 0 Å². The van der Waals surface area contributed by atoms with E-state index in [1.54, 1.807) is 0 Å². The van der Waals surface area contributed by atoms with Crippen LogP contribution in [-0.2, 0) is 0 Å². The van der Waals surface area contributed by atoms with E-state index in [0.717, 1.165) is 12.5 Å². The maximum Gasteiger partial charge on any atom is 0.0446 e. The van der Waals surface area contributed by atoms with Crippen LogP contribution in [0.1, 0.15) is 36.9 Å². The Balaban J connectivity index is 2.00. The Hall–Kier alpha value is -0.860. The molecule has 1 saturated heterocycles. The molecule has 0 saturated carbocycles. The van der Waals surface area contributed by atoms with Crippen LogP contribution in [0, 0.1) is 12.8 Å². The van der Waals surface area contributed by atoms with Gasteiger partial charge in [-0.05, 0) is 44.8 Å². The average Bonchev–Trinajstić information content (AvgIpc) is 2.36. The van der Waals surface area contributed by atoms with Gasteiger partial charge in [-0.15, -0.1) is 0 Å². The Bertz CT molecular complexity index is 375. The minimum Gasteiger partial charge on any atom is -0.312 e. The lowest BCUT2D eigenvalue weighted by Crippen LogP contribution is -2.39. The standard InChI is InChI=1S/C16H26N2/c1-13-6-4-8-15(10-13)16(17-3)12-18-9-5-7-14(2)11-18/h4,6,8,10,14,16-17H,5,7,9,11-12H2,1-3H3. The van der Waals surface area contributed by atoms with E-state index in [0.29, 0.717) is 6.04 Å². The van der Waals surface area contributed by atoms with E-state index in [2.05, 4.69) is 55.4 Å². The molecule has 0 spiro atoms.